The Labute approximate surface area is 154 Å². The molecular weight excluding hydrogens is 288 g/mol. The van der Waals surface area contributed by atoms with Crippen molar-refractivity contribution in [1.29, 1.82) is 0 Å². The van der Waals surface area contributed by atoms with Crippen LogP contribution in [0.25, 0.3) is 0 Å². The number of rotatable bonds is 18. The number of hydrogen-bond acceptors (Lipinski definition) is 0. The molecule has 0 bridgehead atoms. The topological polar surface area (TPSA) is 0 Å². The maximum atomic E-state index is 4.28. The highest BCUT2D eigenvalue weighted by Gasteiger charge is 2.34. The molecule has 0 N–H and O–H groups in total. The summed E-state index contributed by atoms with van der Waals surface area (Å²) in [7, 11) is 0. The zero-order valence-corrected chi connectivity index (χ0v) is 17.7. The lowest BCUT2D eigenvalue weighted by molar-refractivity contribution is 0.124. The van der Waals surface area contributed by atoms with Crippen molar-refractivity contribution in [3.63, 3.8) is 0 Å². The van der Waals surface area contributed by atoms with Crippen molar-refractivity contribution in [2.24, 2.45) is 11.3 Å². The maximum absolute atomic E-state index is 4.28. The highest BCUT2D eigenvalue weighted by atomic mass is 14.4. The van der Waals surface area contributed by atoms with Gasteiger partial charge < -0.3 is 0 Å². The van der Waals surface area contributed by atoms with Crippen molar-refractivity contribution < 1.29 is 0 Å². The Bertz CT molecular complexity index is 243. The first-order valence-electron chi connectivity index (χ1n) is 11.3. The quantitative estimate of drug-likeness (QED) is 0.173. The summed E-state index contributed by atoms with van der Waals surface area (Å²) in [6.45, 7) is 13.6. The van der Waals surface area contributed by atoms with Gasteiger partial charge >= 0.3 is 0 Å². The minimum atomic E-state index is 0.549. The highest BCUT2D eigenvalue weighted by Crippen LogP contribution is 2.46. The minimum absolute atomic E-state index is 0.549. The summed E-state index contributed by atoms with van der Waals surface area (Å²) in [4.78, 5) is 0. The molecule has 0 aromatic rings. The second-order valence-electron chi connectivity index (χ2n) is 8.07. The van der Waals surface area contributed by atoms with Crippen LogP contribution >= 0.6 is 0 Å². The van der Waals surface area contributed by atoms with Gasteiger partial charge in [0.15, 0.2) is 0 Å². The van der Waals surface area contributed by atoms with E-state index in [-0.39, 0.29) is 0 Å². The highest BCUT2D eigenvalue weighted by molar-refractivity contribution is 4.95. The molecule has 0 heterocycles. The zero-order chi connectivity index (χ0) is 18.1. The van der Waals surface area contributed by atoms with E-state index in [9.17, 15) is 0 Å². The number of hydrogen-bond donors (Lipinski definition) is 0. The monoisotopic (exact) mass is 336 g/mol. The Morgan fingerprint density at radius 1 is 0.625 bits per heavy atom. The lowest BCUT2D eigenvalue weighted by Gasteiger charge is -2.41. The lowest BCUT2D eigenvalue weighted by atomic mass is 9.64. The van der Waals surface area contributed by atoms with E-state index in [1.807, 2.05) is 0 Å². The summed E-state index contributed by atoms with van der Waals surface area (Å²) in [5, 5.41) is 0. The Kier molecular flexibility index (Phi) is 16.0. The summed E-state index contributed by atoms with van der Waals surface area (Å²) in [6, 6.07) is 0. The standard InChI is InChI=1S/C24H48/c1-6-11-15-16-17-18-19-23(10-5)24(20-12-7-2,21-13-8-3)22-14-9-4/h10,23H,5-9,11-22H2,1-4H3. The molecule has 144 valence electrons. The minimum Gasteiger partial charge on any atom is -0.103 e. The smallest absolute Gasteiger partial charge is 0.0180 e. The normalized spacial score (nSPS) is 13.2. The van der Waals surface area contributed by atoms with Crippen LogP contribution in [0.5, 0.6) is 0 Å². The first kappa shape index (κ1) is 23.7. The van der Waals surface area contributed by atoms with E-state index in [2.05, 4.69) is 40.3 Å². The van der Waals surface area contributed by atoms with Gasteiger partial charge in [-0.3, -0.25) is 0 Å². The molecule has 0 rings (SSSR count). The van der Waals surface area contributed by atoms with Gasteiger partial charge in [0.1, 0.15) is 0 Å². The van der Waals surface area contributed by atoms with E-state index in [1.165, 1.54) is 103 Å². The molecule has 0 saturated heterocycles. The van der Waals surface area contributed by atoms with Crippen LogP contribution in [-0.2, 0) is 0 Å². The van der Waals surface area contributed by atoms with Crippen LogP contribution in [0.1, 0.15) is 130 Å². The van der Waals surface area contributed by atoms with Crippen LogP contribution in [0, 0.1) is 11.3 Å². The third-order valence-electron chi connectivity index (χ3n) is 6.02. The van der Waals surface area contributed by atoms with Crippen LogP contribution < -0.4 is 0 Å². The van der Waals surface area contributed by atoms with Crippen molar-refractivity contribution in [3.8, 4) is 0 Å². The fourth-order valence-corrected chi connectivity index (χ4v) is 4.34. The van der Waals surface area contributed by atoms with E-state index in [0.29, 0.717) is 5.41 Å². The van der Waals surface area contributed by atoms with Gasteiger partial charge in [0, 0.05) is 0 Å². The predicted molar refractivity (Wildman–Crippen MR) is 113 cm³/mol. The predicted octanol–water partition coefficient (Wildman–Crippen LogP) is 9.10. The summed E-state index contributed by atoms with van der Waals surface area (Å²) in [6.07, 6.45) is 24.7. The molecule has 0 heteroatoms. The Balaban J connectivity index is 4.76. The molecule has 1 unspecified atom stereocenters. The molecule has 0 fully saturated rings. The van der Waals surface area contributed by atoms with E-state index >= 15 is 0 Å². The van der Waals surface area contributed by atoms with Crippen LogP contribution in [-0.4, -0.2) is 0 Å². The molecule has 0 radical (unpaired) electrons. The van der Waals surface area contributed by atoms with Gasteiger partial charge in [0.2, 0.25) is 0 Å². The number of allylic oxidation sites excluding steroid dienone is 1. The third kappa shape index (κ3) is 9.90. The maximum Gasteiger partial charge on any atom is -0.0180 e. The van der Waals surface area contributed by atoms with Crippen molar-refractivity contribution in [1.82, 2.24) is 0 Å². The molecule has 0 aliphatic rings. The molecule has 0 aromatic carbocycles. The van der Waals surface area contributed by atoms with Gasteiger partial charge in [-0.25, -0.2) is 0 Å². The molecule has 0 nitrogen and oxygen atoms in total. The van der Waals surface area contributed by atoms with E-state index in [0.717, 1.165) is 5.92 Å². The van der Waals surface area contributed by atoms with E-state index in [1.54, 1.807) is 0 Å². The zero-order valence-electron chi connectivity index (χ0n) is 17.7. The molecule has 0 aliphatic heterocycles. The fraction of sp³-hybridized carbons (Fsp3) is 0.917. The first-order valence-corrected chi connectivity index (χ1v) is 11.3. The first-order chi connectivity index (χ1) is 11.7. The third-order valence-corrected chi connectivity index (χ3v) is 6.02. The second kappa shape index (κ2) is 16.2. The summed E-state index contributed by atoms with van der Waals surface area (Å²) < 4.78 is 0. The summed E-state index contributed by atoms with van der Waals surface area (Å²) in [5.74, 6) is 0.744. The van der Waals surface area contributed by atoms with Gasteiger partial charge in [-0.15, -0.1) is 6.58 Å². The van der Waals surface area contributed by atoms with Crippen molar-refractivity contribution in [2.45, 2.75) is 130 Å². The molecule has 24 heavy (non-hydrogen) atoms. The van der Waals surface area contributed by atoms with Gasteiger partial charge in [-0.05, 0) is 37.0 Å². The molecule has 1 atom stereocenters. The Morgan fingerprint density at radius 3 is 1.46 bits per heavy atom. The van der Waals surface area contributed by atoms with Crippen molar-refractivity contribution in [3.05, 3.63) is 12.7 Å². The van der Waals surface area contributed by atoms with Crippen LogP contribution in [0.15, 0.2) is 12.7 Å². The average Bonchev–Trinajstić information content (AvgIpc) is 2.61. The van der Waals surface area contributed by atoms with E-state index in [4.69, 9.17) is 0 Å². The molecule has 0 aromatic heterocycles. The lowest BCUT2D eigenvalue weighted by Crippen LogP contribution is -2.30. The Hall–Kier alpha value is -0.260. The largest absolute Gasteiger partial charge is 0.103 e. The van der Waals surface area contributed by atoms with E-state index < -0.39 is 0 Å². The van der Waals surface area contributed by atoms with Crippen molar-refractivity contribution in [2.75, 3.05) is 0 Å². The van der Waals surface area contributed by atoms with Gasteiger partial charge in [0.25, 0.3) is 0 Å². The van der Waals surface area contributed by atoms with Gasteiger partial charge in [0.05, 0.1) is 0 Å². The van der Waals surface area contributed by atoms with Crippen LogP contribution in [0.3, 0.4) is 0 Å². The molecule has 0 spiro atoms. The van der Waals surface area contributed by atoms with Crippen molar-refractivity contribution >= 4 is 0 Å². The summed E-state index contributed by atoms with van der Waals surface area (Å²) >= 11 is 0. The molecule has 0 saturated carbocycles. The fourth-order valence-electron chi connectivity index (χ4n) is 4.34. The molecular formula is C24H48. The van der Waals surface area contributed by atoms with Crippen LogP contribution in [0.2, 0.25) is 0 Å². The SMILES string of the molecule is C=CC(CCCCCCCC)C(CCCC)(CCCC)CCCC. The van der Waals surface area contributed by atoms with Gasteiger partial charge in [-0.1, -0.05) is 111 Å². The van der Waals surface area contributed by atoms with Gasteiger partial charge in [-0.2, -0.15) is 0 Å². The summed E-state index contributed by atoms with van der Waals surface area (Å²) in [5.41, 5.74) is 0.549. The molecule has 0 aliphatic carbocycles. The second-order valence-corrected chi connectivity index (χ2v) is 8.07. The average molecular weight is 337 g/mol. The molecule has 0 amide bonds. The van der Waals surface area contributed by atoms with Crippen LogP contribution in [0.4, 0.5) is 0 Å². The Morgan fingerprint density at radius 2 is 1.04 bits per heavy atom. The number of unbranched alkanes of at least 4 members (excludes halogenated alkanes) is 8.